The highest BCUT2D eigenvalue weighted by Crippen LogP contribution is 2.38. The zero-order chi connectivity index (χ0) is 31.4. The third kappa shape index (κ3) is 6.29. The number of aliphatic hydroxyl groups is 1. The van der Waals surface area contributed by atoms with E-state index in [4.69, 9.17) is 14.2 Å². The number of carbonyl (C=O) groups excluding carboxylic acids is 3. The number of allylic oxidation sites excluding steroid dienone is 1. The average molecular weight is 612 g/mol. The van der Waals surface area contributed by atoms with E-state index in [0.29, 0.717) is 44.6 Å². The SMILES string of the molecule is COC(=O)c1ccc(C2C=C(C(=O)N3CCC4(CC3)C(=O)NCN4c3ccccc3)OC(OCc3ccc(CO)cc3)C2)cc1. The standard InChI is InChI=1S/C35H37N3O7/c1-43-33(41)27-13-11-26(12-14-27)28-19-30(45-31(20-28)44-22-25-9-7-24(21-39)8-10-25)32(40)37-17-15-35(16-18-37)34(42)36-23-38(35)29-5-3-2-4-6-29/h2-14,19,28,31,39H,15-18,20-23H2,1H3,(H,36,42). The normalized spacial score (nSPS) is 20.8. The zero-order valence-electron chi connectivity index (χ0n) is 25.2. The molecule has 0 bridgehead atoms. The van der Waals surface area contributed by atoms with Crippen LogP contribution in [0.15, 0.2) is 90.7 Å². The largest absolute Gasteiger partial charge is 0.465 e. The predicted octanol–water partition coefficient (Wildman–Crippen LogP) is 3.85. The highest BCUT2D eigenvalue weighted by molar-refractivity contribution is 5.95. The Morgan fingerprint density at radius 3 is 2.33 bits per heavy atom. The van der Waals surface area contributed by atoms with Crippen molar-refractivity contribution >= 4 is 23.5 Å². The molecule has 10 heteroatoms. The van der Waals surface area contributed by atoms with Gasteiger partial charge in [0.25, 0.3) is 5.91 Å². The van der Waals surface area contributed by atoms with Crippen LogP contribution in [0.1, 0.15) is 52.2 Å². The van der Waals surface area contributed by atoms with E-state index in [0.717, 1.165) is 22.4 Å². The van der Waals surface area contributed by atoms with Gasteiger partial charge in [0.05, 0.1) is 32.6 Å². The van der Waals surface area contributed by atoms with Crippen molar-refractivity contribution in [2.45, 2.75) is 50.2 Å². The van der Waals surface area contributed by atoms with Crippen LogP contribution in [0.3, 0.4) is 0 Å². The molecule has 2 amide bonds. The summed E-state index contributed by atoms with van der Waals surface area (Å²) in [6.45, 7) is 1.47. The average Bonchev–Trinajstić information content (AvgIpc) is 3.41. The highest BCUT2D eigenvalue weighted by Gasteiger charge is 2.51. The number of aliphatic hydroxyl groups excluding tert-OH is 1. The molecule has 45 heavy (non-hydrogen) atoms. The Hall–Kier alpha value is -4.67. The maximum Gasteiger partial charge on any atom is 0.337 e. The molecule has 10 nitrogen and oxygen atoms in total. The molecule has 2 unspecified atom stereocenters. The smallest absolute Gasteiger partial charge is 0.337 e. The van der Waals surface area contributed by atoms with Crippen LogP contribution >= 0.6 is 0 Å². The fraction of sp³-hybridized carbons (Fsp3) is 0.343. The van der Waals surface area contributed by atoms with Gasteiger partial charge in [-0.3, -0.25) is 9.59 Å². The van der Waals surface area contributed by atoms with Crippen LogP contribution in [0.4, 0.5) is 5.69 Å². The summed E-state index contributed by atoms with van der Waals surface area (Å²) >= 11 is 0. The van der Waals surface area contributed by atoms with Gasteiger partial charge in [0, 0.05) is 31.1 Å². The summed E-state index contributed by atoms with van der Waals surface area (Å²) in [7, 11) is 1.34. The van der Waals surface area contributed by atoms with Crippen LogP contribution in [0.2, 0.25) is 0 Å². The Morgan fingerprint density at radius 2 is 1.67 bits per heavy atom. The van der Waals surface area contributed by atoms with Crippen LogP contribution in [-0.4, -0.2) is 66.5 Å². The molecule has 6 rings (SSSR count). The monoisotopic (exact) mass is 611 g/mol. The minimum Gasteiger partial charge on any atom is -0.465 e. The van der Waals surface area contributed by atoms with Gasteiger partial charge in [0.1, 0.15) is 5.54 Å². The van der Waals surface area contributed by atoms with E-state index in [1.165, 1.54) is 7.11 Å². The minimum absolute atomic E-state index is 0.0115. The number of carbonyl (C=O) groups is 3. The van der Waals surface area contributed by atoms with Crippen LogP contribution < -0.4 is 10.2 Å². The second-order valence-electron chi connectivity index (χ2n) is 11.6. The Bertz CT molecular complexity index is 1550. The number of ether oxygens (including phenoxy) is 3. The van der Waals surface area contributed by atoms with Gasteiger partial charge in [-0.15, -0.1) is 0 Å². The fourth-order valence-corrected chi connectivity index (χ4v) is 6.33. The summed E-state index contributed by atoms with van der Waals surface area (Å²) in [5, 5.41) is 12.4. The molecular formula is C35H37N3O7. The van der Waals surface area contributed by atoms with E-state index in [1.54, 1.807) is 17.0 Å². The molecule has 2 N–H and O–H groups in total. The lowest BCUT2D eigenvalue weighted by Gasteiger charge is -2.43. The number of nitrogens with one attached hydrogen (secondary N) is 1. The Morgan fingerprint density at radius 1 is 0.978 bits per heavy atom. The molecule has 3 aliphatic rings. The van der Waals surface area contributed by atoms with E-state index in [2.05, 4.69) is 10.2 Å². The minimum atomic E-state index is -0.707. The molecule has 3 aromatic carbocycles. The van der Waals surface area contributed by atoms with E-state index in [9.17, 15) is 19.5 Å². The van der Waals surface area contributed by atoms with E-state index < -0.39 is 17.8 Å². The molecule has 3 heterocycles. The number of anilines is 1. The van der Waals surface area contributed by atoms with Crippen LogP contribution in [-0.2, 0) is 37.0 Å². The van der Waals surface area contributed by atoms with Crippen molar-refractivity contribution in [3.63, 3.8) is 0 Å². The second kappa shape index (κ2) is 13.1. The highest BCUT2D eigenvalue weighted by atomic mass is 16.7. The number of methoxy groups -OCH3 is 1. The van der Waals surface area contributed by atoms with Gasteiger partial charge >= 0.3 is 5.97 Å². The lowest BCUT2D eigenvalue weighted by atomic mass is 9.85. The van der Waals surface area contributed by atoms with Crippen LogP contribution in [0.25, 0.3) is 0 Å². The van der Waals surface area contributed by atoms with E-state index in [1.807, 2.05) is 72.8 Å². The number of benzene rings is 3. The first-order chi connectivity index (χ1) is 21.9. The van der Waals surface area contributed by atoms with Gasteiger partial charge in [0.15, 0.2) is 5.76 Å². The van der Waals surface area contributed by atoms with E-state index in [-0.39, 0.29) is 36.7 Å². The van der Waals surface area contributed by atoms with Crippen molar-refractivity contribution in [1.29, 1.82) is 0 Å². The maximum atomic E-state index is 13.9. The summed E-state index contributed by atoms with van der Waals surface area (Å²) in [5.74, 6) is -0.668. The molecule has 0 aliphatic carbocycles. The number of esters is 1. The van der Waals surface area contributed by atoms with Crippen molar-refractivity contribution < 1.29 is 33.7 Å². The number of hydrogen-bond acceptors (Lipinski definition) is 8. The summed E-state index contributed by atoms with van der Waals surface area (Å²) in [6, 6.07) is 24.4. The summed E-state index contributed by atoms with van der Waals surface area (Å²) in [5.41, 5.74) is 3.34. The Labute approximate surface area is 262 Å². The molecule has 0 radical (unpaired) electrons. The van der Waals surface area contributed by atoms with Gasteiger partial charge in [-0.25, -0.2) is 4.79 Å². The second-order valence-corrected chi connectivity index (χ2v) is 11.6. The van der Waals surface area contributed by atoms with Crippen LogP contribution in [0.5, 0.6) is 0 Å². The van der Waals surface area contributed by atoms with E-state index >= 15 is 0 Å². The summed E-state index contributed by atoms with van der Waals surface area (Å²) < 4.78 is 17.2. The van der Waals surface area contributed by atoms with Gasteiger partial charge in [-0.1, -0.05) is 54.6 Å². The number of para-hydroxylation sites is 1. The molecule has 2 atom stereocenters. The number of hydrogen-bond donors (Lipinski definition) is 2. The number of rotatable bonds is 8. The summed E-state index contributed by atoms with van der Waals surface area (Å²) in [6.07, 6.45) is 2.60. The molecule has 0 aromatic heterocycles. The van der Waals surface area contributed by atoms with Crippen molar-refractivity contribution in [3.05, 3.63) is 113 Å². The molecule has 234 valence electrons. The van der Waals surface area contributed by atoms with Crippen molar-refractivity contribution in [2.24, 2.45) is 0 Å². The first kappa shape index (κ1) is 30.4. The molecule has 0 saturated carbocycles. The van der Waals surface area contributed by atoms with Crippen molar-refractivity contribution in [2.75, 3.05) is 31.8 Å². The lowest BCUT2D eigenvalue weighted by Crippen LogP contribution is -2.57. The summed E-state index contributed by atoms with van der Waals surface area (Å²) in [4.78, 5) is 42.9. The first-order valence-electron chi connectivity index (χ1n) is 15.2. The molecular weight excluding hydrogens is 574 g/mol. The van der Waals surface area contributed by atoms with Gasteiger partial charge < -0.3 is 34.4 Å². The number of nitrogens with zero attached hydrogens (tertiary/aromatic N) is 2. The predicted molar refractivity (Wildman–Crippen MR) is 166 cm³/mol. The Balaban J connectivity index is 1.19. The molecule has 2 saturated heterocycles. The lowest BCUT2D eigenvalue weighted by molar-refractivity contribution is -0.157. The Kier molecular flexibility index (Phi) is 8.86. The van der Waals surface area contributed by atoms with Gasteiger partial charge in [0.2, 0.25) is 12.2 Å². The number of piperidine rings is 1. The van der Waals surface area contributed by atoms with Gasteiger partial charge in [-0.2, -0.15) is 0 Å². The third-order valence-corrected chi connectivity index (χ3v) is 8.95. The van der Waals surface area contributed by atoms with Crippen molar-refractivity contribution in [3.8, 4) is 0 Å². The number of likely N-dealkylation sites (tertiary alicyclic amines) is 1. The molecule has 2 fully saturated rings. The van der Waals surface area contributed by atoms with Crippen LogP contribution in [0, 0.1) is 0 Å². The van der Waals surface area contributed by atoms with Gasteiger partial charge in [-0.05, 0) is 59.9 Å². The molecule has 3 aromatic rings. The molecule has 3 aliphatic heterocycles. The maximum absolute atomic E-state index is 13.9. The topological polar surface area (TPSA) is 118 Å². The zero-order valence-corrected chi connectivity index (χ0v) is 25.2. The van der Waals surface area contributed by atoms with Crippen molar-refractivity contribution in [1.82, 2.24) is 10.2 Å². The third-order valence-electron chi connectivity index (χ3n) is 8.95. The number of amides is 2. The first-order valence-corrected chi connectivity index (χ1v) is 15.2. The fourth-order valence-electron chi connectivity index (χ4n) is 6.33. The quantitative estimate of drug-likeness (QED) is 0.369. The molecule has 1 spiro atoms.